The van der Waals surface area contributed by atoms with E-state index in [1.54, 1.807) is 12.1 Å². The zero-order valence-corrected chi connectivity index (χ0v) is 13.1. The standard InChI is InChI=1S/C13H20N4O3S/c1-10(2)17-8-14-13(15-9-17)16-21(18,19)12-6-4-11(20-3)5-7-12/h4-7,10H,8-9H2,1-3H3,(H2,14,15,16). The number of ether oxygens (including phenoxy) is 1. The fraction of sp³-hybridized carbons (Fsp3) is 0.462. The quantitative estimate of drug-likeness (QED) is 0.849. The summed E-state index contributed by atoms with van der Waals surface area (Å²) < 4.78 is 31.9. The van der Waals surface area contributed by atoms with E-state index in [0.29, 0.717) is 25.1 Å². The molecule has 1 heterocycles. The molecular formula is C13H20N4O3S. The predicted molar refractivity (Wildman–Crippen MR) is 80.6 cm³/mol. The van der Waals surface area contributed by atoms with Crippen LogP contribution in [0.3, 0.4) is 0 Å². The summed E-state index contributed by atoms with van der Waals surface area (Å²) in [6, 6.07) is 6.53. The molecular weight excluding hydrogens is 292 g/mol. The van der Waals surface area contributed by atoms with Crippen LogP contribution in [-0.2, 0) is 10.0 Å². The van der Waals surface area contributed by atoms with Gasteiger partial charge in [-0.25, -0.2) is 18.1 Å². The van der Waals surface area contributed by atoms with Gasteiger partial charge in [0.15, 0.2) is 0 Å². The van der Waals surface area contributed by atoms with Crippen LogP contribution in [0.5, 0.6) is 5.75 Å². The second-order valence-electron chi connectivity index (χ2n) is 4.95. The van der Waals surface area contributed by atoms with Gasteiger partial charge >= 0.3 is 0 Å². The van der Waals surface area contributed by atoms with Crippen LogP contribution < -0.4 is 14.8 Å². The number of hydrogen-bond acceptors (Lipinski definition) is 6. The lowest BCUT2D eigenvalue weighted by Crippen LogP contribution is -2.51. The molecule has 0 aliphatic carbocycles. The summed E-state index contributed by atoms with van der Waals surface area (Å²) in [5.74, 6) is 0.873. The topological polar surface area (TPSA) is 83.0 Å². The predicted octanol–water partition coefficient (Wildman–Crippen LogP) is 0.558. The van der Waals surface area contributed by atoms with Crippen LogP contribution in [0, 0.1) is 0 Å². The average Bonchev–Trinajstić information content (AvgIpc) is 2.47. The summed E-state index contributed by atoms with van der Waals surface area (Å²) in [7, 11) is -2.11. The van der Waals surface area contributed by atoms with Crippen LogP contribution in [0.1, 0.15) is 13.8 Å². The summed E-state index contributed by atoms with van der Waals surface area (Å²) in [6.07, 6.45) is 0. The first kappa shape index (κ1) is 15.6. The normalized spacial score (nSPS) is 16.3. The summed E-state index contributed by atoms with van der Waals surface area (Å²) in [6.45, 7) is 5.14. The van der Waals surface area contributed by atoms with Gasteiger partial charge in [-0.15, -0.1) is 0 Å². The molecule has 0 atom stereocenters. The highest BCUT2D eigenvalue weighted by atomic mass is 32.2. The lowest BCUT2D eigenvalue weighted by molar-refractivity contribution is 0.213. The van der Waals surface area contributed by atoms with E-state index in [0.717, 1.165) is 0 Å². The number of guanidine groups is 1. The van der Waals surface area contributed by atoms with E-state index in [1.165, 1.54) is 19.2 Å². The maximum atomic E-state index is 12.2. The number of benzene rings is 1. The summed E-state index contributed by atoms with van der Waals surface area (Å²) in [5.41, 5.74) is 0. The van der Waals surface area contributed by atoms with Crippen LogP contribution in [-0.4, -0.2) is 45.8 Å². The zero-order chi connectivity index (χ0) is 15.5. The van der Waals surface area contributed by atoms with Crippen molar-refractivity contribution in [2.24, 2.45) is 4.99 Å². The fourth-order valence-electron chi connectivity index (χ4n) is 1.80. The second-order valence-corrected chi connectivity index (χ2v) is 6.63. The van der Waals surface area contributed by atoms with Crippen molar-refractivity contribution in [1.29, 1.82) is 0 Å². The molecule has 116 valence electrons. The third-order valence-electron chi connectivity index (χ3n) is 3.19. The van der Waals surface area contributed by atoms with E-state index in [1.807, 2.05) is 0 Å². The van der Waals surface area contributed by atoms with E-state index in [9.17, 15) is 8.42 Å². The monoisotopic (exact) mass is 312 g/mol. The Balaban J connectivity index is 2.07. The van der Waals surface area contributed by atoms with E-state index >= 15 is 0 Å². The van der Waals surface area contributed by atoms with Crippen molar-refractivity contribution in [3.8, 4) is 5.75 Å². The van der Waals surface area contributed by atoms with Crippen molar-refractivity contribution >= 4 is 16.0 Å². The number of sulfonamides is 1. The van der Waals surface area contributed by atoms with Gasteiger partial charge in [0.1, 0.15) is 5.75 Å². The highest BCUT2D eigenvalue weighted by Crippen LogP contribution is 2.15. The van der Waals surface area contributed by atoms with Gasteiger partial charge in [0.2, 0.25) is 5.96 Å². The molecule has 0 unspecified atom stereocenters. The molecule has 1 aromatic rings. The minimum atomic E-state index is -3.64. The maximum Gasteiger partial charge on any atom is 0.264 e. The molecule has 0 radical (unpaired) electrons. The Morgan fingerprint density at radius 2 is 2.00 bits per heavy atom. The minimum Gasteiger partial charge on any atom is -0.497 e. The van der Waals surface area contributed by atoms with Gasteiger partial charge in [-0.2, -0.15) is 0 Å². The van der Waals surface area contributed by atoms with Crippen LogP contribution in [0.2, 0.25) is 0 Å². The Bertz CT molecular complexity index is 611. The van der Waals surface area contributed by atoms with Crippen molar-refractivity contribution in [2.45, 2.75) is 24.8 Å². The van der Waals surface area contributed by atoms with Crippen molar-refractivity contribution < 1.29 is 13.2 Å². The van der Waals surface area contributed by atoms with Crippen molar-refractivity contribution in [2.75, 3.05) is 20.4 Å². The highest BCUT2D eigenvalue weighted by molar-refractivity contribution is 7.90. The summed E-state index contributed by atoms with van der Waals surface area (Å²) in [4.78, 5) is 6.43. The number of methoxy groups -OCH3 is 1. The van der Waals surface area contributed by atoms with Gasteiger partial charge in [0, 0.05) is 6.04 Å². The number of hydrogen-bond donors (Lipinski definition) is 2. The highest BCUT2D eigenvalue weighted by Gasteiger charge is 2.20. The number of rotatable bonds is 4. The minimum absolute atomic E-state index is 0.166. The second kappa shape index (κ2) is 6.31. The smallest absolute Gasteiger partial charge is 0.264 e. The molecule has 8 heteroatoms. The summed E-state index contributed by atoms with van der Waals surface area (Å²) >= 11 is 0. The maximum absolute atomic E-state index is 12.2. The Morgan fingerprint density at radius 1 is 1.33 bits per heavy atom. The van der Waals surface area contributed by atoms with Crippen molar-refractivity contribution in [1.82, 2.24) is 14.9 Å². The van der Waals surface area contributed by atoms with Gasteiger partial charge in [-0.3, -0.25) is 4.90 Å². The van der Waals surface area contributed by atoms with E-state index in [-0.39, 0.29) is 10.9 Å². The molecule has 2 rings (SSSR count). The Morgan fingerprint density at radius 3 is 2.48 bits per heavy atom. The molecule has 1 aromatic carbocycles. The van der Waals surface area contributed by atoms with Gasteiger partial charge < -0.3 is 10.1 Å². The first-order valence-corrected chi connectivity index (χ1v) is 8.10. The molecule has 0 saturated carbocycles. The number of nitrogens with one attached hydrogen (secondary N) is 2. The SMILES string of the molecule is COc1ccc(S(=O)(=O)NC2=NCN(C(C)C)CN2)cc1. The van der Waals surface area contributed by atoms with E-state index < -0.39 is 10.0 Å². The Labute approximate surface area is 125 Å². The third kappa shape index (κ3) is 3.85. The van der Waals surface area contributed by atoms with Crippen LogP contribution in [0.25, 0.3) is 0 Å². The molecule has 7 nitrogen and oxygen atoms in total. The van der Waals surface area contributed by atoms with Gasteiger partial charge in [0.05, 0.1) is 25.3 Å². The lowest BCUT2D eigenvalue weighted by atomic mass is 10.3. The van der Waals surface area contributed by atoms with Crippen LogP contribution in [0.4, 0.5) is 0 Å². The van der Waals surface area contributed by atoms with Crippen molar-refractivity contribution in [3.63, 3.8) is 0 Å². The fourth-order valence-corrected chi connectivity index (χ4v) is 2.80. The molecule has 0 fully saturated rings. The lowest BCUT2D eigenvalue weighted by Gasteiger charge is -2.29. The molecule has 0 saturated heterocycles. The average molecular weight is 312 g/mol. The molecule has 0 amide bonds. The molecule has 1 aliphatic heterocycles. The first-order valence-electron chi connectivity index (χ1n) is 6.61. The molecule has 2 N–H and O–H groups in total. The van der Waals surface area contributed by atoms with Gasteiger partial charge in [-0.1, -0.05) is 0 Å². The Kier molecular flexibility index (Phi) is 4.69. The van der Waals surface area contributed by atoms with E-state index in [2.05, 4.69) is 33.8 Å². The number of nitrogens with zero attached hydrogens (tertiary/aromatic N) is 2. The Hall–Kier alpha value is -1.80. The van der Waals surface area contributed by atoms with Crippen molar-refractivity contribution in [3.05, 3.63) is 24.3 Å². The third-order valence-corrected chi connectivity index (χ3v) is 4.55. The molecule has 21 heavy (non-hydrogen) atoms. The van der Waals surface area contributed by atoms with Crippen LogP contribution in [0.15, 0.2) is 34.2 Å². The zero-order valence-electron chi connectivity index (χ0n) is 12.3. The number of aliphatic imine (C=N–C) groups is 1. The summed E-state index contributed by atoms with van der Waals surface area (Å²) in [5, 5.41) is 2.96. The van der Waals surface area contributed by atoms with Gasteiger partial charge in [0.25, 0.3) is 10.0 Å². The molecule has 0 spiro atoms. The van der Waals surface area contributed by atoms with Gasteiger partial charge in [-0.05, 0) is 38.1 Å². The van der Waals surface area contributed by atoms with E-state index in [4.69, 9.17) is 4.74 Å². The first-order chi connectivity index (χ1) is 9.92. The van der Waals surface area contributed by atoms with Crippen LogP contribution >= 0.6 is 0 Å². The largest absolute Gasteiger partial charge is 0.497 e. The molecule has 1 aliphatic rings. The molecule has 0 bridgehead atoms. The molecule has 0 aromatic heterocycles.